The zero-order valence-corrected chi connectivity index (χ0v) is 15.2. The van der Waals surface area contributed by atoms with Crippen molar-refractivity contribution < 1.29 is 21.6 Å². The Kier molecular flexibility index (Phi) is 5.71. The van der Waals surface area contributed by atoms with Crippen LogP contribution in [0, 0.1) is 0 Å². The van der Waals surface area contributed by atoms with Gasteiger partial charge in [-0.1, -0.05) is 19.3 Å². The summed E-state index contributed by atoms with van der Waals surface area (Å²) in [5.74, 6) is 0.112. The Morgan fingerprint density at radius 1 is 1.04 bits per heavy atom. The smallest absolute Gasteiger partial charge is 0.367 e. The van der Waals surface area contributed by atoms with Gasteiger partial charge in [0.25, 0.3) is 0 Å². The van der Waals surface area contributed by atoms with Gasteiger partial charge in [0.1, 0.15) is 17.8 Å². The van der Waals surface area contributed by atoms with E-state index in [2.05, 4.69) is 15.3 Å². The summed E-state index contributed by atoms with van der Waals surface area (Å²) in [5.41, 5.74) is -0.993. The van der Waals surface area contributed by atoms with Crippen molar-refractivity contribution in [1.82, 2.24) is 14.3 Å². The monoisotopic (exact) mass is 392 g/mol. The third-order valence-electron chi connectivity index (χ3n) is 5.10. The van der Waals surface area contributed by atoms with E-state index in [1.54, 1.807) is 4.31 Å². The van der Waals surface area contributed by atoms with Crippen LogP contribution in [0.25, 0.3) is 0 Å². The molecular weight excluding hydrogens is 369 g/mol. The highest BCUT2D eigenvalue weighted by Gasteiger charge is 2.36. The van der Waals surface area contributed by atoms with Crippen molar-refractivity contribution in [3.8, 4) is 0 Å². The second-order valence-corrected chi connectivity index (χ2v) is 9.12. The fourth-order valence-electron chi connectivity index (χ4n) is 3.63. The fraction of sp³-hybridized carbons (Fsp3) is 0.750. The summed E-state index contributed by atoms with van der Waals surface area (Å²) in [6.07, 6.45) is 1.90. The molecule has 1 aromatic heterocycles. The number of hydrogen-bond acceptors (Lipinski definition) is 5. The second kappa shape index (κ2) is 7.67. The molecule has 2 aliphatic rings. The van der Waals surface area contributed by atoms with E-state index in [9.17, 15) is 21.6 Å². The summed E-state index contributed by atoms with van der Waals surface area (Å²) in [7, 11) is -3.28. The van der Waals surface area contributed by atoms with Gasteiger partial charge in [0, 0.05) is 25.2 Å². The Morgan fingerprint density at radius 2 is 1.69 bits per heavy atom. The summed E-state index contributed by atoms with van der Waals surface area (Å²) < 4.78 is 65.1. The zero-order valence-electron chi connectivity index (χ0n) is 14.4. The minimum Gasteiger partial charge on any atom is -0.367 e. The van der Waals surface area contributed by atoms with Crippen LogP contribution in [-0.4, -0.2) is 47.1 Å². The van der Waals surface area contributed by atoms with Crippen molar-refractivity contribution >= 4 is 15.8 Å². The van der Waals surface area contributed by atoms with Crippen LogP contribution in [-0.2, 0) is 16.2 Å². The molecule has 0 spiro atoms. The van der Waals surface area contributed by atoms with Gasteiger partial charge in [0.15, 0.2) is 0 Å². The third kappa shape index (κ3) is 4.46. The molecule has 0 bridgehead atoms. The Bertz CT molecular complexity index is 712. The van der Waals surface area contributed by atoms with Crippen LogP contribution in [0.1, 0.15) is 50.6 Å². The van der Waals surface area contributed by atoms with E-state index >= 15 is 0 Å². The number of alkyl halides is 3. The van der Waals surface area contributed by atoms with E-state index in [0.29, 0.717) is 25.9 Å². The average Bonchev–Trinajstić information content (AvgIpc) is 2.62. The van der Waals surface area contributed by atoms with Gasteiger partial charge in [-0.3, -0.25) is 0 Å². The molecule has 1 N–H and O–H groups in total. The number of nitrogens with zero attached hydrogens (tertiary/aromatic N) is 3. The molecule has 26 heavy (non-hydrogen) atoms. The highest BCUT2D eigenvalue weighted by Crippen LogP contribution is 2.30. The van der Waals surface area contributed by atoms with Gasteiger partial charge in [-0.25, -0.2) is 22.7 Å². The predicted octanol–water partition coefficient (Wildman–Crippen LogP) is 3.03. The molecule has 6 nitrogen and oxygen atoms in total. The van der Waals surface area contributed by atoms with E-state index in [-0.39, 0.29) is 17.1 Å². The largest absolute Gasteiger partial charge is 0.433 e. The number of aromatic nitrogens is 2. The minimum absolute atomic E-state index is 0.108. The molecule has 1 aliphatic heterocycles. The summed E-state index contributed by atoms with van der Waals surface area (Å²) in [5, 5.41) is 2.69. The highest BCUT2D eigenvalue weighted by atomic mass is 32.2. The summed E-state index contributed by atoms with van der Waals surface area (Å²) in [4.78, 5) is 7.07. The number of anilines is 1. The van der Waals surface area contributed by atoms with Gasteiger partial charge in [0.05, 0.1) is 5.25 Å². The Balaban J connectivity index is 1.57. The summed E-state index contributed by atoms with van der Waals surface area (Å²) in [6, 6.07) is 0.773. The lowest BCUT2D eigenvalue weighted by Crippen LogP contribution is -2.46. The number of halogens is 3. The quantitative estimate of drug-likeness (QED) is 0.853. The third-order valence-corrected chi connectivity index (χ3v) is 7.50. The van der Waals surface area contributed by atoms with Crippen LogP contribution in [0.2, 0.25) is 0 Å². The minimum atomic E-state index is -4.52. The number of sulfonamides is 1. The van der Waals surface area contributed by atoms with Gasteiger partial charge in [-0.15, -0.1) is 0 Å². The van der Waals surface area contributed by atoms with Gasteiger partial charge in [0.2, 0.25) is 10.0 Å². The molecule has 0 radical (unpaired) electrons. The number of rotatable bonds is 4. The van der Waals surface area contributed by atoms with Crippen molar-refractivity contribution in [1.29, 1.82) is 0 Å². The predicted molar refractivity (Wildman–Crippen MR) is 91.0 cm³/mol. The lowest BCUT2D eigenvalue weighted by Gasteiger charge is -2.35. The molecule has 0 aromatic carbocycles. The second-order valence-electron chi connectivity index (χ2n) is 6.91. The van der Waals surface area contributed by atoms with Crippen molar-refractivity contribution in [2.24, 2.45) is 0 Å². The van der Waals surface area contributed by atoms with E-state index in [1.165, 1.54) is 0 Å². The lowest BCUT2D eigenvalue weighted by atomic mass is 10.0. The van der Waals surface area contributed by atoms with Gasteiger partial charge < -0.3 is 5.32 Å². The highest BCUT2D eigenvalue weighted by molar-refractivity contribution is 7.89. The number of hydrogen-bond donors (Lipinski definition) is 1. The van der Waals surface area contributed by atoms with Crippen LogP contribution < -0.4 is 5.32 Å². The van der Waals surface area contributed by atoms with Gasteiger partial charge in [-0.05, 0) is 25.7 Å². The molecule has 2 fully saturated rings. The first-order valence-corrected chi connectivity index (χ1v) is 10.4. The maximum atomic E-state index is 12.7. The maximum absolute atomic E-state index is 12.7. The van der Waals surface area contributed by atoms with Crippen LogP contribution in [0.4, 0.5) is 19.0 Å². The Labute approximate surface area is 151 Å². The van der Waals surface area contributed by atoms with Crippen molar-refractivity contribution in [3.05, 3.63) is 18.1 Å². The normalized spacial score (nSPS) is 21.7. The van der Waals surface area contributed by atoms with Crippen molar-refractivity contribution in [2.75, 3.05) is 18.4 Å². The van der Waals surface area contributed by atoms with E-state index < -0.39 is 21.9 Å². The molecule has 1 saturated carbocycles. The first-order valence-electron chi connectivity index (χ1n) is 8.91. The van der Waals surface area contributed by atoms with Crippen LogP contribution >= 0.6 is 0 Å². The summed E-state index contributed by atoms with van der Waals surface area (Å²) in [6.45, 7) is 0.765. The maximum Gasteiger partial charge on any atom is 0.433 e. The molecule has 0 unspecified atom stereocenters. The molecule has 1 aliphatic carbocycles. The van der Waals surface area contributed by atoms with Crippen molar-refractivity contribution in [2.45, 2.75) is 62.4 Å². The molecule has 1 aromatic rings. The van der Waals surface area contributed by atoms with Gasteiger partial charge >= 0.3 is 6.18 Å². The Hall–Kier alpha value is -1.42. The first kappa shape index (κ1) is 19.3. The molecule has 0 atom stereocenters. The fourth-order valence-corrected chi connectivity index (χ4v) is 5.70. The molecule has 146 valence electrons. The van der Waals surface area contributed by atoms with Crippen LogP contribution in [0.5, 0.6) is 0 Å². The van der Waals surface area contributed by atoms with Crippen LogP contribution in [0.3, 0.4) is 0 Å². The lowest BCUT2D eigenvalue weighted by molar-refractivity contribution is -0.141. The number of nitrogens with one attached hydrogen (secondary N) is 1. The molecule has 10 heteroatoms. The molecule has 2 heterocycles. The van der Waals surface area contributed by atoms with E-state index in [0.717, 1.165) is 44.5 Å². The molecule has 3 rings (SSSR count). The summed E-state index contributed by atoms with van der Waals surface area (Å²) >= 11 is 0. The molecule has 1 saturated heterocycles. The Morgan fingerprint density at radius 3 is 2.31 bits per heavy atom. The molecular formula is C16H23F3N4O2S. The number of piperidine rings is 1. The SMILES string of the molecule is O=S(=O)(C1CCCCC1)N1CCC(Nc2cc(C(F)(F)F)ncn2)CC1. The topological polar surface area (TPSA) is 75.2 Å². The first-order chi connectivity index (χ1) is 12.3. The van der Waals surface area contributed by atoms with Gasteiger partial charge in [-0.2, -0.15) is 13.2 Å². The van der Waals surface area contributed by atoms with Crippen LogP contribution in [0.15, 0.2) is 12.4 Å². The van der Waals surface area contributed by atoms with Crippen molar-refractivity contribution in [3.63, 3.8) is 0 Å². The zero-order chi connectivity index (χ0) is 18.8. The standard InChI is InChI=1S/C16H23F3N4O2S/c17-16(18,19)14-10-15(21-11-20-14)22-12-6-8-23(9-7-12)26(24,25)13-4-2-1-3-5-13/h10-13H,1-9H2,(H,20,21,22). The van der Waals surface area contributed by atoms with E-state index in [4.69, 9.17) is 0 Å². The molecule has 0 amide bonds. The average molecular weight is 392 g/mol. The van der Waals surface area contributed by atoms with E-state index in [1.807, 2.05) is 0 Å².